The monoisotopic (exact) mass is 654 g/mol. The van der Waals surface area contributed by atoms with Gasteiger partial charge in [-0.25, -0.2) is 4.98 Å². The number of para-hydroxylation sites is 2. The van der Waals surface area contributed by atoms with Crippen molar-refractivity contribution in [3.05, 3.63) is 168 Å². The molecule has 1 heterocycles. The van der Waals surface area contributed by atoms with Crippen LogP contribution in [-0.2, 0) is 11.8 Å². The predicted octanol–water partition coefficient (Wildman–Crippen LogP) is 12.7. The molecule has 0 atom stereocenters. The number of hydrogen-bond donors (Lipinski definition) is 0. The van der Waals surface area contributed by atoms with Gasteiger partial charge in [-0.2, -0.15) is 0 Å². The van der Waals surface area contributed by atoms with E-state index >= 15 is 0 Å². The molecule has 0 saturated carbocycles. The second-order valence-electron chi connectivity index (χ2n) is 12.7. The molecule has 238 valence electrons. The van der Waals surface area contributed by atoms with Gasteiger partial charge in [-0.1, -0.05) is 148 Å². The zero-order chi connectivity index (χ0) is 45.5. The lowest BCUT2D eigenvalue weighted by atomic mass is 9.80. The van der Waals surface area contributed by atoms with Crippen LogP contribution < -0.4 is 0 Å². The third-order valence-corrected chi connectivity index (χ3v) is 10.1. The van der Waals surface area contributed by atoms with Crippen LogP contribution in [0.2, 0.25) is 0 Å². The number of rotatable bonds is 4. The highest BCUT2D eigenvalue weighted by atomic mass is 15.1. The van der Waals surface area contributed by atoms with E-state index in [1.807, 2.05) is 61.5 Å². The molecule has 2 heteroatoms. The molecular weight excluding hydrogens is 605 g/mol. The van der Waals surface area contributed by atoms with Gasteiger partial charge in [0.15, 0.2) is 0 Å². The Hall–Kier alpha value is -5.99. The van der Waals surface area contributed by atoms with Crippen molar-refractivity contribution in [3.63, 3.8) is 0 Å². The van der Waals surface area contributed by atoms with Crippen LogP contribution in [0.3, 0.4) is 0 Å². The Morgan fingerprint density at radius 3 is 1.96 bits per heavy atom. The SMILES string of the molecule is [2H]c1c([2H])c([2H])c2c(-c3ccc(-n4c(CC)nc5ccccc54)c4ccccc34)c3c([2H])c([2H])c([2H])c([2H])c3c(-c3ccc4c(c3)C(C([2H])([2H])[2H])(C([2H])([2H])[2H])c3ccccc3-4)c2c1[2H]. The first-order chi connectivity index (χ1) is 30.4. The molecule has 2 nitrogen and oxygen atoms in total. The highest BCUT2D eigenvalue weighted by Crippen LogP contribution is 2.51. The third kappa shape index (κ3) is 3.99. The minimum Gasteiger partial charge on any atom is -0.296 e. The number of imidazole rings is 1. The molecule has 8 aromatic carbocycles. The topological polar surface area (TPSA) is 17.8 Å². The second kappa shape index (κ2) is 10.8. The van der Waals surface area contributed by atoms with Crippen LogP contribution >= 0.6 is 0 Å². The zero-order valence-corrected chi connectivity index (χ0v) is 26.9. The van der Waals surface area contributed by atoms with E-state index < -0.39 is 67.5 Å². The van der Waals surface area contributed by atoms with E-state index in [0.29, 0.717) is 28.5 Å². The quantitative estimate of drug-likeness (QED) is 0.173. The average molecular weight is 655 g/mol. The summed E-state index contributed by atoms with van der Waals surface area (Å²) >= 11 is 0. The fourth-order valence-electron chi connectivity index (χ4n) is 7.90. The fraction of sp³-hybridized carbons (Fsp3) is 0.104. The lowest BCUT2D eigenvalue weighted by Gasteiger charge is -2.23. The minimum atomic E-state index is -3.12. The first kappa shape index (κ1) is 18.1. The molecule has 0 fully saturated rings. The molecule has 1 aromatic heterocycles. The maximum atomic E-state index is 9.57. The number of hydrogen-bond acceptors (Lipinski definition) is 1. The van der Waals surface area contributed by atoms with Crippen LogP contribution in [0.4, 0.5) is 0 Å². The van der Waals surface area contributed by atoms with Gasteiger partial charge in [0.05, 0.1) is 27.7 Å². The van der Waals surface area contributed by atoms with E-state index in [1.54, 1.807) is 36.4 Å². The summed E-state index contributed by atoms with van der Waals surface area (Å²) < 4.78 is 129. The molecule has 0 N–H and O–H groups in total. The van der Waals surface area contributed by atoms with Crippen LogP contribution in [-0.4, -0.2) is 9.55 Å². The van der Waals surface area contributed by atoms with Crippen molar-refractivity contribution in [1.82, 2.24) is 9.55 Å². The van der Waals surface area contributed by atoms with Crippen LogP contribution in [0.15, 0.2) is 151 Å². The van der Waals surface area contributed by atoms with Crippen LogP contribution in [0, 0.1) is 0 Å². The Morgan fingerprint density at radius 1 is 0.600 bits per heavy atom. The van der Waals surface area contributed by atoms with Crippen molar-refractivity contribution in [3.8, 4) is 39.1 Å². The summed E-state index contributed by atoms with van der Waals surface area (Å²) in [4.78, 5) is 4.89. The van der Waals surface area contributed by atoms with Crippen molar-refractivity contribution in [1.29, 1.82) is 0 Å². The molecule has 0 aliphatic heterocycles. The summed E-state index contributed by atoms with van der Waals surface area (Å²) in [6.07, 6.45) is 0.614. The standard InChI is InChI=1S/C48H36N2/c1-4-45-49-42-23-13-14-24-44(42)50(45)43-28-27-39(31-15-5-6-17-34(31)43)47-37-20-9-7-18-35(37)46(36-19-8-10-21-38(36)47)30-25-26-33-32-16-11-12-22-40(32)48(2,3)41(33)29-30/h5-29H,4H2,1-3H3/i2D3,3D3,7D,8D,9D,10D,18D,19D,20D,21D. The Morgan fingerprint density at radius 2 is 1.22 bits per heavy atom. The van der Waals surface area contributed by atoms with Gasteiger partial charge in [-0.05, 0) is 95.7 Å². The second-order valence-corrected chi connectivity index (χ2v) is 12.7. The number of nitrogens with zero attached hydrogens (tertiary/aromatic N) is 2. The summed E-state index contributed by atoms with van der Waals surface area (Å²) in [5.74, 6) is 0.807. The number of benzene rings is 8. The van der Waals surface area contributed by atoms with Crippen LogP contribution in [0.5, 0.6) is 0 Å². The molecule has 0 amide bonds. The molecule has 0 saturated heterocycles. The summed E-state index contributed by atoms with van der Waals surface area (Å²) in [5, 5.41) is 1.16. The Bertz CT molecular complexity index is 3420. The van der Waals surface area contributed by atoms with Gasteiger partial charge >= 0.3 is 0 Å². The summed E-state index contributed by atoms with van der Waals surface area (Å²) in [6.45, 7) is -4.22. The Labute approximate surface area is 312 Å². The molecule has 0 bridgehead atoms. The van der Waals surface area contributed by atoms with Gasteiger partial charge in [0.25, 0.3) is 0 Å². The largest absolute Gasteiger partial charge is 0.296 e. The zero-order valence-electron chi connectivity index (χ0n) is 40.9. The van der Waals surface area contributed by atoms with Gasteiger partial charge in [0.2, 0.25) is 0 Å². The van der Waals surface area contributed by atoms with Crippen molar-refractivity contribution < 1.29 is 19.2 Å². The number of aryl methyl sites for hydroxylation is 1. The summed E-state index contributed by atoms with van der Waals surface area (Å²) in [6, 6.07) is 25.7. The molecule has 50 heavy (non-hydrogen) atoms. The normalized spacial score (nSPS) is 17.9. The smallest absolute Gasteiger partial charge is 0.114 e. The molecular formula is C48H36N2. The summed E-state index contributed by atoms with van der Waals surface area (Å²) in [5.41, 5.74) is 1.40. The highest BCUT2D eigenvalue weighted by Gasteiger charge is 2.35. The van der Waals surface area contributed by atoms with E-state index in [1.165, 1.54) is 12.1 Å². The molecule has 0 spiro atoms. The van der Waals surface area contributed by atoms with Gasteiger partial charge in [-0.15, -0.1) is 0 Å². The van der Waals surface area contributed by atoms with Crippen molar-refractivity contribution in [2.75, 3.05) is 0 Å². The summed E-state index contributed by atoms with van der Waals surface area (Å²) in [7, 11) is 0. The maximum Gasteiger partial charge on any atom is 0.114 e. The van der Waals surface area contributed by atoms with Gasteiger partial charge in [0, 0.05) is 25.4 Å². The van der Waals surface area contributed by atoms with Gasteiger partial charge < -0.3 is 0 Å². The van der Waals surface area contributed by atoms with Crippen molar-refractivity contribution >= 4 is 43.4 Å². The van der Waals surface area contributed by atoms with E-state index in [4.69, 9.17) is 18.7 Å². The minimum absolute atomic E-state index is 0.0186. The average Bonchev–Trinajstić information content (AvgIpc) is 3.81. The first-order valence-electron chi connectivity index (χ1n) is 23.6. The molecule has 1 aliphatic carbocycles. The van der Waals surface area contributed by atoms with Crippen LogP contribution in [0.1, 0.15) is 56.8 Å². The fourth-order valence-corrected chi connectivity index (χ4v) is 7.90. The lowest BCUT2D eigenvalue weighted by Crippen LogP contribution is -2.14. The molecule has 10 rings (SSSR count). The third-order valence-electron chi connectivity index (χ3n) is 10.1. The lowest BCUT2D eigenvalue weighted by molar-refractivity contribution is 0.660. The molecule has 0 radical (unpaired) electrons. The Kier molecular flexibility index (Phi) is 3.90. The van der Waals surface area contributed by atoms with Crippen molar-refractivity contribution in [2.45, 2.75) is 32.5 Å². The number of aromatic nitrogens is 2. The van der Waals surface area contributed by atoms with E-state index in [0.717, 1.165) is 27.9 Å². The van der Waals surface area contributed by atoms with Gasteiger partial charge in [0.1, 0.15) is 5.82 Å². The van der Waals surface area contributed by atoms with E-state index in [9.17, 15) is 5.48 Å². The predicted molar refractivity (Wildman–Crippen MR) is 211 cm³/mol. The van der Waals surface area contributed by atoms with Crippen LogP contribution in [0.25, 0.3) is 82.4 Å². The van der Waals surface area contributed by atoms with Gasteiger partial charge in [-0.3, -0.25) is 4.57 Å². The van der Waals surface area contributed by atoms with E-state index in [-0.39, 0.29) is 49.4 Å². The molecule has 9 aromatic rings. The maximum absolute atomic E-state index is 9.57. The van der Waals surface area contributed by atoms with Crippen molar-refractivity contribution in [2.24, 2.45) is 0 Å². The number of fused-ring (bicyclic) bond motifs is 7. The van der Waals surface area contributed by atoms with E-state index in [2.05, 4.69) is 4.57 Å². The Balaban J connectivity index is 1.40. The first-order valence-corrected chi connectivity index (χ1v) is 16.6. The molecule has 0 unspecified atom stereocenters. The highest BCUT2D eigenvalue weighted by molar-refractivity contribution is 6.24. The molecule has 1 aliphatic rings.